The van der Waals surface area contributed by atoms with E-state index in [1.165, 1.54) is 11.3 Å². The summed E-state index contributed by atoms with van der Waals surface area (Å²) in [6.45, 7) is 5.51. The molecule has 1 aliphatic carbocycles. The van der Waals surface area contributed by atoms with Gasteiger partial charge in [-0.3, -0.25) is 20.0 Å². The minimum atomic E-state index is -3.88. The third kappa shape index (κ3) is 7.59. The monoisotopic (exact) mass is 741 g/mol. The normalized spacial score (nSPS) is 18.6. The molecule has 14 heteroatoms. The number of anilines is 2. The van der Waals surface area contributed by atoms with E-state index in [2.05, 4.69) is 39.1 Å². The van der Waals surface area contributed by atoms with Crippen molar-refractivity contribution in [1.29, 1.82) is 0 Å². The summed E-state index contributed by atoms with van der Waals surface area (Å²) in [6.07, 6.45) is 8.80. The number of fused-ring (bicyclic) bond motifs is 2. The first kappa shape index (κ1) is 35.7. The maximum atomic E-state index is 13.6. The zero-order valence-corrected chi connectivity index (χ0v) is 31.4. The van der Waals surface area contributed by atoms with Crippen LogP contribution in [0.3, 0.4) is 0 Å². The van der Waals surface area contributed by atoms with Crippen LogP contribution in [-0.4, -0.2) is 65.9 Å². The highest BCUT2D eigenvalue weighted by molar-refractivity contribution is 7.89. The van der Waals surface area contributed by atoms with E-state index < -0.39 is 15.9 Å². The molecule has 12 nitrogen and oxygen atoms in total. The first-order valence-corrected chi connectivity index (χ1v) is 20.2. The number of aryl methyl sites for hydroxylation is 1. The Balaban J connectivity index is 1.17. The Morgan fingerprint density at radius 1 is 1.02 bits per heavy atom. The molecule has 0 radical (unpaired) electrons. The zero-order chi connectivity index (χ0) is 36.7. The van der Waals surface area contributed by atoms with Crippen LogP contribution < -0.4 is 14.9 Å². The Kier molecular flexibility index (Phi) is 9.65. The maximum Gasteiger partial charge on any atom is 0.284 e. The van der Waals surface area contributed by atoms with Crippen molar-refractivity contribution in [3.8, 4) is 11.1 Å². The molecule has 1 fully saturated rings. The van der Waals surface area contributed by atoms with E-state index in [0.717, 1.165) is 65.4 Å². The smallest absolute Gasteiger partial charge is 0.284 e. The molecule has 3 aromatic heterocycles. The Hall–Kier alpha value is -4.66. The number of aromatic nitrogens is 4. The molecule has 2 amide bonds. The number of nitrogens with zero attached hydrogens (tertiary/aromatic N) is 4. The molecule has 0 spiro atoms. The molecule has 272 valence electrons. The van der Waals surface area contributed by atoms with E-state index in [1.54, 1.807) is 25.4 Å². The number of hydrogen-bond acceptors (Lipinski definition) is 10. The van der Waals surface area contributed by atoms with Gasteiger partial charge in [-0.25, -0.2) is 23.1 Å². The SMILES string of the molecule is COC1(CCc2[nH]ncc2-c2ccc(N3CCc4cccc(C(=O)Nc5nc6ccccc6s5)c4C3)nc2C(=O)NS(C)(=O)=O)CCCC(C)(C)C1. The van der Waals surface area contributed by atoms with E-state index in [9.17, 15) is 18.0 Å². The molecule has 4 heterocycles. The van der Waals surface area contributed by atoms with Crippen LogP contribution in [0, 0.1) is 5.41 Å². The second-order valence-electron chi connectivity index (χ2n) is 14.7. The van der Waals surface area contributed by atoms with Gasteiger partial charge in [-0.2, -0.15) is 5.10 Å². The molecule has 5 aromatic rings. The molecule has 1 unspecified atom stereocenters. The van der Waals surface area contributed by atoms with Gasteiger partial charge in [0.2, 0.25) is 10.0 Å². The lowest BCUT2D eigenvalue weighted by molar-refractivity contribution is -0.0777. The fraction of sp³-hybridized carbons (Fsp3) is 0.395. The van der Waals surface area contributed by atoms with Crippen molar-refractivity contribution in [3.05, 3.63) is 88.9 Å². The first-order chi connectivity index (χ1) is 24.8. The van der Waals surface area contributed by atoms with Crippen molar-refractivity contribution in [3.63, 3.8) is 0 Å². The summed E-state index contributed by atoms with van der Waals surface area (Å²) in [6, 6.07) is 17.1. The van der Waals surface area contributed by atoms with Crippen LogP contribution in [0.4, 0.5) is 10.9 Å². The number of ether oxygens (including phenoxy) is 1. The number of benzene rings is 2. The molecular formula is C38H43N7O5S2. The van der Waals surface area contributed by atoms with Crippen LogP contribution in [0.5, 0.6) is 0 Å². The van der Waals surface area contributed by atoms with Gasteiger partial charge in [-0.15, -0.1) is 0 Å². The number of sulfonamides is 1. The summed E-state index contributed by atoms with van der Waals surface area (Å²) in [7, 11) is -2.10. The quantitative estimate of drug-likeness (QED) is 0.145. The minimum Gasteiger partial charge on any atom is -0.378 e. The van der Waals surface area contributed by atoms with Crippen LogP contribution in [0.2, 0.25) is 0 Å². The van der Waals surface area contributed by atoms with Crippen LogP contribution in [0.25, 0.3) is 21.3 Å². The molecule has 52 heavy (non-hydrogen) atoms. The molecule has 0 saturated heterocycles. The molecule has 2 aliphatic rings. The molecule has 7 rings (SSSR count). The zero-order valence-electron chi connectivity index (χ0n) is 29.8. The van der Waals surface area contributed by atoms with E-state index in [1.807, 2.05) is 47.4 Å². The third-order valence-corrected chi connectivity index (χ3v) is 11.8. The Morgan fingerprint density at radius 2 is 1.85 bits per heavy atom. The Bertz CT molecular complexity index is 2230. The second kappa shape index (κ2) is 14.1. The summed E-state index contributed by atoms with van der Waals surface area (Å²) in [4.78, 5) is 38.6. The number of H-pyrrole nitrogens is 1. The van der Waals surface area contributed by atoms with Crippen LogP contribution in [0.15, 0.2) is 60.8 Å². The van der Waals surface area contributed by atoms with E-state index in [-0.39, 0.29) is 22.6 Å². The van der Waals surface area contributed by atoms with Gasteiger partial charge in [0.1, 0.15) is 11.5 Å². The summed E-state index contributed by atoms with van der Waals surface area (Å²) < 4.78 is 33.7. The minimum absolute atomic E-state index is 0.0292. The largest absolute Gasteiger partial charge is 0.378 e. The summed E-state index contributed by atoms with van der Waals surface area (Å²) >= 11 is 1.42. The average molecular weight is 742 g/mol. The van der Waals surface area contributed by atoms with E-state index >= 15 is 0 Å². The lowest BCUT2D eigenvalue weighted by Gasteiger charge is -2.44. The average Bonchev–Trinajstić information content (AvgIpc) is 3.75. The Morgan fingerprint density at radius 3 is 2.62 bits per heavy atom. The number of pyridine rings is 1. The summed E-state index contributed by atoms with van der Waals surface area (Å²) in [5.41, 5.74) is 5.12. The Labute approximate surface area is 307 Å². The second-order valence-corrected chi connectivity index (χ2v) is 17.4. The van der Waals surface area contributed by atoms with Crippen LogP contribution in [0.1, 0.15) is 83.6 Å². The van der Waals surface area contributed by atoms with Crippen LogP contribution in [-0.2, 0) is 34.1 Å². The lowest BCUT2D eigenvalue weighted by atomic mass is 9.68. The van der Waals surface area contributed by atoms with Crippen molar-refractivity contribution >= 4 is 54.3 Å². The number of rotatable bonds is 10. The van der Waals surface area contributed by atoms with Gasteiger partial charge in [-0.1, -0.05) is 55.9 Å². The number of hydrogen-bond donors (Lipinski definition) is 3. The topological polar surface area (TPSA) is 159 Å². The molecule has 2 aromatic carbocycles. The molecule has 1 atom stereocenters. The van der Waals surface area contributed by atoms with Gasteiger partial charge < -0.3 is 9.64 Å². The van der Waals surface area contributed by atoms with Crippen molar-refractivity contribution in [2.45, 2.75) is 70.9 Å². The molecular weight excluding hydrogens is 699 g/mol. The molecule has 1 saturated carbocycles. The van der Waals surface area contributed by atoms with Gasteiger partial charge in [-0.05, 0) is 85.4 Å². The predicted molar refractivity (Wildman–Crippen MR) is 203 cm³/mol. The highest BCUT2D eigenvalue weighted by Gasteiger charge is 2.40. The number of amides is 2. The standard InChI is InChI=1S/C38H43N7O5S2/c1-37(2)17-8-18-38(23-37,50-3)19-15-29-27(21-39-43-29)25-13-14-32(41-33(25)35(47)44-52(4,48)49)45-20-16-24-9-7-10-26(28(24)22-45)34(46)42-36-40-30-11-5-6-12-31(30)51-36/h5-7,9-14,21H,8,15-20,22-23H2,1-4H3,(H,39,43)(H,44,47)(H,40,42,46). The molecule has 1 aliphatic heterocycles. The van der Waals surface area contributed by atoms with Crippen molar-refractivity contribution < 1.29 is 22.7 Å². The summed E-state index contributed by atoms with van der Waals surface area (Å²) in [5, 5.41) is 10.9. The number of aromatic amines is 1. The number of carbonyl (C=O) groups is 2. The van der Waals surface area contributed by atoms with E-state index in [4.69, 9.17) is 9.72 Å². The fourth-order valence-electron chi connectivity index (χ4n) is 7.83. The van der Waals surface area contributed by atoms with Crippen molar-refractivity contribution in [1.82, 2.24) is 24.9 Å². The van der Waals surface area contributed by atoms with Gasteiger partial charge in [0.15, 0.2) is 5.13 Å². The van der Waals surface area contributed by atoms with Gasteiger partial charge >= 0.3 is 0 Å². The summed E-state index contributed by atoms with van der Waals surface area (Å²) in [5.74, 6) is -0.599. The first-order valence-electron chi connectivity index (χ1n) is 17.5. The predicted octanol–water partition coefficient (Wildman–Crippen LogP) is 6.50. The highest BCUT2D eigenvalue weighted by Crippen LogP contribution is 2.45. The van der Waals surface area contributed by atoms with E-state index in [0.29, 0.717) is 53.6 Å². The maximum absolute atomic E-state index is 13.6. The molecule has 3 N–H and O–H groups in total. The molecule has 0 bridgehead atoms. The van der Waals surface area contributed by atoms with Gasteiger partial charge in [0.25, 0.3) is 11.8 Å². The van der Waals surface area contributed by atoms with Gasteiger partial charge in [0.05, 0.1) is 28.3 Å². The number of methoxy groups -OCH3 is 1. The van der Waals surface area contributed by atoms with Crippen molar-refractivity contribution in [2.24, 2.45) is 5.41 Å². The number of thiazole rings is 1. The third-order valence-electron chi connectivity index (χ3n) is 10.3. The lowest BCUT2D eigenvalue weighted by Crippen LogP contribution is -2.41. The number of carbonyl (C=O) groups excluding carboxylic acids is 2. The van der Waals surface area contributed by atoms with Crippen molar-refractivity contribution in [2.75, 3.05) is 30.1 Å². The highest BCUT2D eigenvalue weighted by atomic mass is 32.2. The fourth-order valence-corrected chi connectivity index (χ4v) is 9.12. The van der Waals surface area contributed by atoms with Crippen LogP contribution >= 0.6 is 11.3 Å². The number of para-hydroxylation sites is 1. The van der Waals surface area contributed by atoms with Gasteiger partial charge in [0, 0.05) is 42.6 Å². The number of nitrogens with one attached hydrogen (secondary N) is 3.